The molecule has 2 N–H and O–H groups in total. The van der Waals surface area contributed by atoms with Gasteiger partial charge in [-0.3, -0.25) is 10.1 Å². The van der Waals surface area contributed by atoms with E-state index in [4.69, 9.17) is 16.6 Å². The third kappa shape index (κ3) is 4.58. The van der Waals surface area contributed by atoms with E-state index in [-0.39, 0.29) is 11.0 Å². The van der Waals surface area contributed by atoms with Crippen LogP contribution in [-0.2, 0) is 6.42 Å². The molecule has 1 heterocycles. The fraction of sp³-hybridized carbons (Fsp3) is 0.0870. The quantitative estimate of drug-likeness (QED) is 0.354. The van der Waals surface area contributed by atoms with Crippen LogP contribution in [0.5, 0.6) is 0 Å². The van der Waals surface area contributed by atoms with E-state index in [0.29, 0.717) is 11.5 Å². The van der Waals surface area contributed by atoms with Gasteiger partial charge in [-0.1, -0.05) is 41.1 Å². The van der Waals surface area contributed by atoms with Gasteiger partial charge in [-0.05, 0) is 72.7 Å². The summed E-state index contributed by atoms with van der Waals surface area (Å²) >= 11 is 8.65. The number of aryl methyl sites for hydroxylation is 1. The van der Waals surface area contributed by atoms with Crippen molar-refractivity contribution in [1.82, 2.24) is 10.3 Å². The van der Waals surface area contributed by atoms with Crippen molar-refractivity contribution in [1.29, 1.82) is 0 Å². The fourth-order valence-corrected chi connectivity index (χ4v) is 3.62. The van der Waals surface area contributed by atoms with Crippen LogP contribution in [-0.4, -0.2) is 16.0 Å². The first-order chi connectivity index (χ1) is 14.5. The van der Waals surface area contributed by atoms with E-state index in [1.165, 1.54) is 5.56 Å². The van der Waals surface area contributed by atoms with E-state index in [1.807, 2.05) is 48.5 Å². The molecule has 0 aliphatic carbocycles. The minimum Gasteiger partial charge on any atom is -0.436 e. The van der Waals surface area contributed by atoms with Gasteiger partial charge in [-0.25, -0.2) is 4.98 Å². The van der Waals surface area contributed by atoms with E-state index >= 15 is 0 Å². The maximum absolute atomic E-state index is 12.4. The predicted octanol–water partition coefficient (Wildman–Crippen LogP) is 5.95. The summed E-state index contributed by atoms with van der Waals surface area (Å²) in [4.78, 5) is 17.0. The molecular weight excluding hydrogens is 462 g/mol. The van der Waals surface area contributed by atoms with Crippen molar-refractivity contribution < 1.29 is 9.21 Å². The molecule has 0 aliphatic rings. The number of rotatable bonds is 4. The second kappa shape index (κ2) is 8.77. The summed E-state index contributed by atoms with van der Waals surface area (Å²) in [6.07, 6.45) is 0.945. The van der Waals surface area contributed by atoms with Crippen LogP contribution in [0.15, 0.2) is 75.6 Å². The number of nitrogens with zero attached hydrogens (tertiary/aromatic N) is 1. The zero-order valence-electron chi connectivity index (χ0n) is 16.1. The first-order valence-electron chi connectivity index (χ1n) is 9.39. The van der Waals surface area contributed by atoms with Crippen molar-refractivity contribution in [3.63, 3.8) is 0 Å². The van der Waals surface area contributed by atoms with Crippen LogP contribution in [0.3, 0.4) is 0 Å². The van der Waals surface area contributed by atoms with Gasteiger partial charge in [0.15, 0.2) is 10.7 Å². The number of amides is 1. The zero-order valence-corrected chi connectivity index (χ0v) is 18.5. The number of halogens is 1. The van der Waals surface area contributed by atoms with Crippen molar-refractivity contribution >= 4 is 56.0 Å². The number of aromatic nitrogens is 1. The molecule has 0 saturated carbocycles. The SMILES string of the molecule is CCc1ccc2oc(-c3cccc(NC(=S)NC(=O)c4cccc(Br)c4)c3)nc2c1. The van der Waals surface area contributed by atoms with E-state index in [9.17, 15) is 4.79 Å². The van der Waals surface area contributed by atoms with Crippen LogP contribution in [0.1, 0.15) is 22.8 Å². The number of hydrogen-bond donors (Lipinski definition) is 2. The Morgan fingerprint density at radius 1 is 1.10 bits per heavy atom. The average Bonchev–Trinajstić information content (AvgIpc) is 3.17. The molecule has 1 amide bonds. The Kier molecular flexibility index (Phi) is 5.92. The van der Waals surface area contributed by atoms with Crippen molar-refractivity contribution in [2.75, 3.05) is 5.32 Å². The molecule has 0 saturated heterocycles. The average molecular weight is 480 g/mol. The normalized spacial score (nSPS) is 10.7. The lowest BCUT2D eigenvalue weighted by molar-refractivity contribution is 0.0977. The number of oxazole rings is 1. The molecule has 0 unspecified atom stereocenters. The van der Waals surface area contributed by atoms with Gasteiger partial charge >= 0.3 is 0 Å². The van der Waals surface area contributed by atoms with Crippen molar-refractivity contribution in [2.24, 2.45) is 0 Å². The van der Waals surface area contributed by atoms with E-state index in [2.05, 4.69) is 38.5 Å². The lowest BCUT2D eigenvalue weighted by Crippen LogP contribution is -2.34. The lowest BCUT2D eigenvalue weighted by atomic mass is 10.1. The molecule has 4 aromatic rings. The van der Waals surface area contributed by atoms with Gasteiger partial charge in [-0.2, -0.15) is 0 Å². The minimum absolute atomic E-state index is 0.210. The molecular formula is C23H18BrN3O2S. The number of fused-ring (bicyclic) bond motifs is 1. The Bertz CT molecular complexity index is 1250. The van der Waals surface area contributed by atoms with E-state index in [0.717, 1.165) is 33.2 Å². The molecule has 0 spiro atoms. The molecule has 1 aromatic heterocycles. The number of thiocarbonyl (C=S) groups is 1. The molecule has 150 valence electrons. The van der Waals surface area contributed by atoms with E-state index in [1.54, 1.807) is 18.2 Å². The highest BCUT2D eigenvalue weighted by Gasteiger charge is 2.11. The van der Waals surface area contributed by atoms with Gasteiger partial charge in [0.1, 0.15) is 5.52 Å². The van der Waals surface area contributed by atoms with Crippen LogP contribution in [0.25, 0.3) is 22.6 Å². The number of carbonyl (C=O) groups is 1. The Labute approximate surface area is 187 Å². The van der Waals surface area contributed by atoms with E-state index < -0.39 is 0 Å². The van der Waals surface area contributed by atoms with Crippen LogP contribution >= 0.6 is 28.1 Å². The predicted molar refractivity (Wildman–Crippen MR) is 127 cm³/mol. The van der Waals surface area contributed by atoms with Gasteiger partial charge in [0.05, 0.1) is 0 Å². The maximum atomic E-state index is 12.4. The summed E-state index contributed by atoms with van der Waals surface area (Å²) < 4.78 is 6.73. The Balaban J connectivity index is 1.49. The van der Waals surface area contributed by atoms with Crippen molar-refractivity contribution in [2.45, 2.75) is 13.3 Å². The third-order valence-corrected chi connectivity index (χ3v) is 5.24. The summed E-state index contributed by atoms with van der Waals surface area (Å²) in [6, 6.07) is 20.7. The topological polar surface area (TPSA) is 67.2 Å². The summed E-state index contributed by atoms with van der Waals surface area (Å²) in [5, 5.41) is 5.93. The highest BCUT2D eigenvalue weighted by atomic mass is 79.9. The van der Waals surface area contributed by atoms with Crippen LogP contribution in [0.4, 0.5) is 5.69 Å². The summed E-state index contributed by atoms with van der Waals surface area (Å²) in [7, 11) is 0. The molecule has 5 nitrogen and oxygen atoms in total. The van der Waals surface area contributed by atoms with Crippen LogP contribution in [0.2, 0.25) is 0 Å². The van der Waals surface area contributed by atoms with Gasteiger partial charge in [0.2, 0.25) is 5.89 Å². The van der Waals surface area contributed by atoms with Gasteiger partial charge < -0.3 is 9.73 Å². The van der Waals surface area contributed by atoms with Gasteiger partial charge in [0, 0.05) is 21.3 Å². The molecule has 0 bridgehead atoms. The minimum atomic E-state index is -0.282. The Hall–Kier alpha value is -3.03. The first kappa shape index (κ1) is 20.3. The number of carbonyl (C=O) groups excluding carboxylic acids is 1. The molecule has 0 radical (unpaired) electrons. The number of nitrogens with one attached hydrogen (secondary N) is 2. The highest BCUT2D eigenvalue weighted by Crippen LogP contribution is 2.27. The lowest BCUT2D eigenvalue weighted by Gasteiger charge is -2.10. The molecule has 0 atom stereocenters. The first-order valence-corrected chi connectivity index (χ1v) is 10.6. The monoisotopic (exact) mass is 479 g/mol. The summed E-state index contributed by atoms with van der Waals surface area (Å²) in [5.41, 5.74) is 4.85. The Morgan fingerprint density at radius 3 is 2.73 bits per heavy atom. The number of anilines is 1. The molecule has 0 fully saturated rings. The third-order valence-electron chi connectivity index (χ3n) is 4.54. The zero-order chi connectivity index (χ0) is 21.1. The van der Waals surface area contributed by atoms with Crippen molar-refractivity contribution in [3.8, 4) is 11.5 Å². The van der Waals surface area contributed by atoms with Crippen LogP contribution in [0, 0.1) is 0 Å². The molecule has 3 aromatic carbocycles. The second-order valence-electron chi connectivity index (χ2n) is 6.67. The number of hydrogen-bond acceptors (Lipinski definition) is 4. The standard InChI is InChI=1S/C23H18BrN3O2S/c1-2-14-9-10-20-19(11-14)26-22(29-20)16-6-4-8-18(13-16)25-23(30)27-21(28)15-5-3-7-17(24)12-15/h3-13H,2H2,1H3,(H2,25,27,28,30). The van der Waals surface area contributed by atoms with Gasteiger partial charge in [-0.15, -0.1) is 0 Å². The molecule has 0 aliphatic heterocycles. The molecule has 7 heteroatoms. The number of benzene rings is 3. The summed E-state index contributed by atoms with van der Waals surface area (Å²) in [5.74, 6) is 0.252. The van der Waals surface area contributed by atoms with Gasteiger partial charge in [0.25, 0.3) is 5.91 Å². The van der Waals surface area contributed by atoms with Crippen molar-refractivity contribution in [3.05, 3.63) is 82.3 Å². The smallest absolute Gasteiger partial charge is 0.257 e. The Morgan fingerprint density at radius 2 is 1.93 bits per heavy atom. The highest BCUT2D eigenvalue weighted by molar-refractivity contribution is 9.10. The van der Waals surface area contributed by atoms with Crippen LogP contribution < -0.4 is 10.6 Å². The maximum Gasteiger partial charge on any atom is 0.257 e. The largest absolute Gasteiger partial charge is 0.436 e. The summed E-state index contributed by atoms with van der Waals surface area (Å²) in [6.45, 7) is 2.11. The second-order valence-corrected chi connectivity index (χ2v) is 8.00. The molecule has 4 rings (SSSR count). The molecule has 30 heavy (non-hydrogen) atoms. The fourth-order valence-electron chi connectivity index (χ4n) is 3.01.